The molecule has 0 saturated heterocycles. The summed E-state index contributed by atoms with van der Waals surface area (Å²) in [5.74, 6) is -0.128. The number of rotatable bonds is 4. The highest BCUT2D eigenvalue weighted by Crippen LogP contribution is 2.19. The molecule has 0 spiro atoms. The Hall–Kier alpha value is -2.88. The molecule has 0 radical (unpaired) electrons. The normalized spacial score (nSPS) is 10.6. The molecule has 3 aromatic rings. The molecule has 0 unspecified atom stereocenters. The highest BCUT2D eigenvalue weighted by atomic mass is 16.1. The Morgan fingerprint density at radius 1 is 1.04 bits per heavy atom. The van der Waals surface area contributed by atoms with Crippen LogP contribution in [-0.4, -0.2) is 15.7 Å². The second-order valence-corrected chi connectivity index (χ2v) is 5.80. The summed E-state index contributed by atoms with van der Waals surface area (Å²) in [5.41, 5.74) is 5.17. The Morgan fingerprint density at radius 2 is 1.71 bits per heavy atom. The van der Waals surface area contributed by atoms with Crippen molar-refractivity contribution in [1.29, 1.82) is 0 Å². The maximum atomic E-state index is 12.7. The van der Waals surface area contributed by atoms with E-state index in [2.05, 4.69) is 17.3 Å². The lowest BCUT2D eigenvalue weighted by Gasteiger charge is -2.07. The first-order valence-corrected chi connectivity index (χ1v) is 8.12. The van der Waals surface area contributed by atoms with E-state index in [0.717, 1.165) is 29.2 Å². The molecule has 0 atom stereocenters. The molecule has 0 aliphatic heterocycles. The van der Waals surface area contributed by atoms with Crippen LogP contribution in [0, 0.1) is 13.8 Å². The fourth-order valence-corrected chi connectivity index (χ4v) is 2.81. The van der Waals surface area contributed by atoms with Gasteiger partial charge in [-0.05, 0) is 50.1 Å². The van der Waals surface area contributed by atoms with E-state index in [1.807, 2.05) is 73.1 Å². The van der Waals surface area contributed by atoms with Crippen molar-refractivity contribution in [3.05, 3.63) is 77.1 Å². The first-order valence-electron chi connectivity index (χ1n) is 8.12. The van der Waals surface area contributed by atoms with Gasteiger partial charge in [0, 0.05) is 5.69 Å². The molecule has 4 heteroatoms. The Balaban J connectivity index is 1.88. The van der Waals surface area contributed by atoms with Gasteiger partial charge < -0.3 is 5.32 Å². The second-order valence-electron chi connectivity index (χ2n) is 5.80. The van der Waals surface area contributed by atoms with E-state index < -0.39 is 0 Å². The van der Waals surface area contributed by atoms with Crippen molar-refractivity contribution in [2.45, 2.75) is 27.2 Å². The van der Waals surface area contributed by atoms with Crippen LogP contribution in [0.25, 0.3) is 5.69 Å². The SMILES string of the molecule is CCc1ccc(NC(=O)c2c(C)nn(-c3ccccc3)c2C)cc1. The lowest BCUT2D eigenvalue weighted by atomic mass is 10.1. The van der Waals surface area contributed by atoms with E-state index in [-0.39, 0.29) is 5.91 Å². The predicted molar refractivity (Wildman–Crippen MR) is 96.8 cm³/mol. The Kier molecular flexibility index (Phi) is 4.47. The quantitative estimate of drug-likeness (QED) is 0.779. The Morgan fingerprint density at radius 3 is 2.33 bits per heavy atom. The zero-order valence-electron chi connectivity index (χ0n) is 14.2. The second kappa shape index (κ2) is 6.71. The van der Waals surface area contributed by atoms with Crippen LogP contribution in [-0.2, 0) is 6.42 Å². The molecule has 4 nitrogen and oxygen atoms in total. The number of aromatic nitrogens is 2. The van der Waals surface area contributed by atoms with Crippen LogP contribution in [0.1, 0.15) is 34.2 Å². The van der Waals surface area contributed by atoms with Crippen LogP contribution in [0.4, 0.5) is 5.69 Å². The van der Waals surface area contributed by atoms with Crippen LogP contribution in [0.5, 0.6) is 0 Å². The third-order valence-corrected chi connectivity index (χ3v) is 4.14. The van der Waals surface area contributed by atoms with Gasteiger partial charge >= 0.3 is 0 Å². The fourth-order valence-electron chi connectivity index (χ4n) is 2.81. The topological polar surface area (TPSA) is 46.9 Å². The number of nitrogens with zero attached hydrogens (tertiary/aromatic N) is 2. The van der Waals surface area contributed by atoms with Gasteiger partial charge in [-0.15, -0.1) is 0 Å². The van der Waals surface area contributed by atoms with Crippen molar-refractivity contribution in [3.8, 4) is 5.69 Å². The van der Waals surface area contributed by atoms with Gasteiger partial charge in [-0.1, -0.05) is 37.3 Å². The predicted octanol–water partition coefficient (Wildman–Crippen LogP) is 4.30. The van der Waals surface area contributed by atoms with Gasteiger partial charge in [-0.3, -0.25) is 4.79 Å². The van der Waals surface area contributed by atoms with Gasteiger partial charge in [-0.2, -0.15) is 5.10 Å². The van der Waals surface area contributed by atoms with E-state index in [1.54, 1.807) is 0 Å². The molecular formula is C20H21N3O. The summed E-state index contributed by atoms with van der Waals surface area (Å²) < 4.78 is 1.81. The van der Waals surface area contributed by atoms with Crippen molar-refractivity contribution in [3.63, 3.8) is 0 Å². The summed E-state index contributed by atoms with van der Waals surface area (Å²) in [6, 6.07) is 17.8. The largest absolute Gasteiger partial charge is 0.322 e. The third-order valence-electron chi connectivity index (χ3n) is 4.14. The molecule has 0 bridgehead atoms. The number of aryl methyl sites for hydroxylation is 2. The van der Waals surface area contributed by atoms with E-state index in [1.165, 1.54) is 5.56 Å². The van der Waals surface area contributed by atoms with E-state index >= 15 is 0 Å². The maximum absolute atomic E-state index is 12.7. The van der Waals surface area contributed by atoms with Crippen LogP contribution in [0.2, 0.25) is 0 Å². The summed E-state index contributed by atoms with van der Waals surface area (Å²) in [5, 5.41) is 7.49. The van der Waals surface area contributed by atoms with Gasteiger partial charge in [0.1, 0.15) is 0 Å². The van der Waals surface area contributed by atoms with Crippen molar-refractivity contribution < 1.29 is 4.79 Å². The highest BCUT2D eigenvalue weighted by molar-refractivity contribution is 6.05. The minimum Gasteiger partial charge on any atom is -0.322 e. The highest BCUT2D eigenvalue weighted by Gasteiger charge is 2.19. The zero-order chi connectivity index (χ0) is 17.1. The first kappa shape index (κ1) is 16.0. The monoisotopic (exact) mass is 319 g/mol. The molecule has 24 heavy (non-hydrogen) atoms. The number of carbonyl (C=O) groups is 1. The van der Waals surface area contributed by atoms with Crippen LogP contribution in [0.3, 0.4) is 0 Å². The summed E-state index contributed by atoms with van der Waals surface area (Å²) in [7, 11) is 0. The van der Waals surface area contributed by atoms with Gasteiger partial charge in [0.25, 0.3) is 5.91 Å². The van der Waals surface area contributed by atoms with Crippen molar-refractivity contribution in [1.82, 2.24) is 9.78 Å². The molecule has 1 aromatic heterocycles. The molecule has 0 fully saturated rings. The van der Waals surface area contributed by atoms with Gasteiger partial charge in [0.15, 0.2) is 0 Å². The summed E-state index contributed by atoms with van der Waals surface area (Å²) in [6.07, 6.45) is 0.982. The molecule has 0 saturated carbocycles. The van der Waals surface area contributed by atoms with Crippen LogP contribution < -0.4 is 5.32 Å². The number of anilines is 1. The number of amides is 1. The average Bonchev–Trinajstić information content (AvgIpc) is 2.91. The minimum absolute atomic E-state index is 0.128. The number of hydrogen-bond acceptors (Lipinski definition) is 2. The first-order chi connectivity index (χ1) is 11.6. The molecule has 122 valence electrons. The molecule has 0 aliphatic carbocycles. The number of carbonyl (C=O) groups excluding carboxylic acids is 1. The van der Waals surface area contributed by atoms with Crippen molar-refractivity contribution in [2.24, 2.45) is 0 Å². The summed E-state index contributed by atoms with van der Waals surface area (Å²) in [6.45, 7) is 5.89. The number of benzene rings is 2. The smallest absolute Gasteiger partial charge is 0.259 e. The number of para-hydroxylation sites is 1. The van der Waals surface area contributed by atoms with Crippen LogP contribution >= 0.6 is 0 Å². The minimum atomic E-state index is -0.128. The molecular weight excluding hydrogens is 298 g/mol. The van der Waals surface area contributed by atoms with Crippen LogP contribution in [0.15, 0.2) is 54.6 Å². The van der Waals surface area contributed by atoms with Crippen molar-refractivity contribution in [2.75, 3.05) is 5.32 Å². The van der Waals surface area contributed by atoms with Gasteiger partial charge in [0.05, 0.1) is 22.6 Å². The molecule has 0 aliphatic rings. The fraction of sp³-hybridized carbons (Fsp3) is 0.200. The zero-order valence-corrected chi connectivity index (χ0v) is 14.2. The van der Waals surface area contributed by atoms with E-state index in [0.29, 0.717) is 5.56 Å². The Labute approximate surface area is 142 Å². The molecule has 3 rings (SSSR count). The summed E-state index contributed by atoms with van der Waals surface area (Å²) in [4.78, 5) is 12.7. The van der Waals surface area contributed by atoms with Crippen molar-refractivity contribution >= 4 is 11.6 Å². The molecule has 2 aromatic carbocycles. The molecule has 1 N–H and O–H groups in total. The third kappa shape index (κ3) is 3.08. The Bertz CT molecular complexity index is 849. The standard InChI is InChI=1S/C20H21N3O/c1-4-16-10-12-17(13-11-16)21-20(24)19-14(2)22-23(15(19)3)18-8-6-5-7-9-18/h5-13H,4H2,1-3H3,(H,21,24). The van der Waals surface area contributed by atoms with E-state index in [4.69, 9.17) is 0 Å². The van der Waals surface area contributed by atoms with E-state index in [9.17, 15) is 4.79 Å². The average molecular weight is 319 g/mol. The number of nitrogens with one attached hydrogen (secondary N) is 1. The molecule has 1 heterocycles. The number of hydrogen-bond donors (Lipinski definition) is 1. The maximum Gasteiger partial charge on any atom is 0.259 e. The molecule has 1 amide bonds. The lowest BCUT2D eigenvalue weighted by molar-refractivity contribution is 0.102. The van der Waals surface area contributed by atoms with Gasteiger partial charge in [0.2, 0.25) is 0 Å². The lowest BCUT2D eigenvalue weighted by Crippen LogP contribution is -2.14. The summed E-state index contributed by atoms with van der Waals surface area (Å²) >= 11 is 0. The van der Waals surface area contributed by atoms with Gasteiger partial charge in [-0.25, -0.2) is 4.68 Å².